The quantitative estimate of drug-likeness (QED) is 0.465. The highest BCUT2D eigenvalue weighted by atomic mass is 16.5. The molecular weight excluding hydrogens is 414 g/mol. The summed E-state index contributed by atoms with van der Waals surface area (Å²) in [5, 5.41) is 2.86. The fourth-order valence-corrected chi connectivity index (χ4v) is 8.30. The molecule has 0 spiro atoms. The monoisotopic (exact) mass is 457 g/mol. The summed E-state index contributed by atoms with van der Waals surface area (Å²) in [7, 11) is 0. The first-order chi connectivity index (χ1) is 15.2. The van der Waals surface area contributed by atoms with Crippen molar-refractivity contribution in [2.75, 3.05) is 6.61 Å². The first-order valence-electron chi connectivity index (χ1n) is 12.9. The van der Waals surface area contributed by atoms with Crippen LogP contribution in [0, 0.1) is 39.9 Å². The van der Waals surface area contributed by atoms with Crippen molar-refractivity contribution in [2.45, 2.75) is 99.0 Å². The van der Waals surface area contributed by atoms with Gasteiger partial charge in [-0.2, -0.15) is 0 Å². The molecule has 0 aromatic heterocycles. The van der Waals surface area contributed by atoms with Gasteiger partial charge in [-0.3, -0.25) is 14.4 Å². The van der Waals surface area contributed by atoms with Gasteiger partial charge in [0.05, 0.1) is 5.92 Å². The number of nitrogens with one attached hydrogen (secondary N) is 1. The van der Waals surface area contributed by atoms with E-state index in [0.29, 0.717) is 30.0 Å². The van der Waals surface area contributed by atoms with Crippen LogP contribution >= 0.6 is 0 Å². The minimum Gasteiger partial charge on any atom is -0.455 e. The average Bonchev–Trinajstić information content (AvgIpc) is 3.05. The molecule has 0 aromatic carbocycles. The van der Waals surface area contributed by atoms with E-state index in [4.69, 9.17) is 4.74 Å². The Bertz CT molecular complexity index is 881. The Balaban J connectivity index is 1.49. The highest BCUT2D eigenvalue weighted by Crippen LogP contribution is 2.67. The molecule has 5 nitrogen and oxygen atoms in total. The standard InChI is InChI=1S/C28H43NO4/c1-25(2,3)29-23(31)16-33-24(32)20-10-9-18-17-8-11-21-26(4,5)22(30)13-15-28(21,7)19(17)12-14-27(18,20)6/h11,17-20H,8-10,12-16H2,1-7H3,(H,29,31)/t17-,18-,19-,20+,27-,28+/m0/s1. The number of hydrogen-bond donors (Lipinski definition) is 1. The highest BCUT2D eigenvalue weighted by molar-refractivity contribution is 5.89. The minimum absolute atomic E-state index is 0.0690. The fraction of sp³-hybridized carbons (Fsp3) is 0.821. The summed E-state index contributed by atoms with van der Waals surface area (Å²) in [6.07, 6.45) is 9.06. The van der Waals surface area contributed by atoms with E-state index in [9.17, 15) is 14.4 Å². The zero-order valence-corrected chi connectivity index (χ0v) is 21.7. The fourth-order valence-electron chi connectivity index (χ4n) is 8.30. The topological polar surface area (TPSA) is 72.5 Å². The lowest BCUT2D eigenvalue weighted by Gasteiger charge is -2.59. The van der Waals surface area contributed by atoms with Crippen LogP contribution in [0.3, 0.4) is 0 Å². The van der Waals surface area contributed by atoms with E-state index < -0.39 is 0 Å². The largest absolute Gasteiger partial charge is 0.455 e. The number of hydrogen-bond acceptors (Lipinski definition) is 4. The average molecular weight is 458 g/mol. The van der Waals surface area contributed by atoms with Gasteiger partial charge in [0.15, 0.2) is 6.61 Å². The molecule has 184 valence electrons. The second kappa shape index (κ2) is 7.95. The van der Waals surface area contributed by atoms with Gasteiger partial charge < -0.3 is 10.1 Å². The molecule has 4 aliphatic rings. The van der Waals surface area contributed by atoms with Gasteiger partial charge in [0, 0.05) is 17.4 Å². The number of fused-ring (bicyclic) bond motifs is 5. The first-order valence-corrected chi connectivity index (χ1v) is 12.9. The van der Waals surface area contributed by atoms with Crippen LogP contribution in [-0.4, -0.2) is 29.8 Å². The molecule has 1 N–H and O–H groups in total. The number of esters is 1. The summed E-state index contributed by atoms with van der Waals surface area (Å²) in [5.74, 6) is 1.43. The van der Waals surface area contributed by atoms with Crippen molar-refractivity contribution in [3.05, 3.63) is 11.6 Å². The molecule has 3 saturated carbocycles. The lowest BCUT2D eigenvalue weighted by atomic mass is 9.44. The van der Waals surface area contributed by atoms with Crippen LogP contribution in [0.25, 0.3) is 0 Å². The molecule has 0 bridgehead atoms. The molecule has 0 unspecified atom stereocenters. The third-order valence-electron chi connectivity index (χ3n) is 9.85. The van der Waals surface area contributed by atoms with Crippen LogP contribution in [0.5, 0.6) is 0 Å². The van der Waals surface area contributed by atoms with Gasteiger partial charge in [-0.15, -0.1) is 0 Å². The summed E-state index contributed by atoms with van der Waals surface area (Å²) in [6.45, 7) is 14.5. The van der Waals surface area contributed by atoms with E-state index in [0.717, 1.165) is 38.5 Å². The van der Waals surface area contributed by atoms with Gasteiger partial charge in [-0.25, -0.2) is 0 Å². The molecule has 5 heteroatoms. The summed E-state index contributed by atoms with van der Waals surface area (Å²) < 4.78 is 5.53. The van der Waals surface area contributed by atoms with Crippen LogP contribution in [0.2, 0.25) is 0 Å². The predicted molar refractivity (Wildman–Crippen MR) is 128 cm³/mol. The van der Waals surface area contributed by atoms with E-state index >= 15 is 0 Å². The zero-order valence-electron chi connectivity index (χ0n) is 21.7. The van der Waals surface area contributed by atoms with Crippen molar-refractivity contribution >= 4 is 17.7 Å². The van der Waals surface area contributed by atoms with E-state index in [1.54, 1.807) is 0 Å². The molecule has 0 aromatic rings. The number of allylic oxidation sites excluding steroid dienone is 2. The second-order valence-electron chi connectivity index (χ2n) is 13.3. The lowest BCUT2D eigenvalue weighted by Crippen LogP contribution is -2.54. The Morgan fingerprint density at radius 3 is 2.42 bits per heavy atom. The van der Waals surface area contributed by atoms with Gasteiger partial charge in [0.2, 0.25) is 0 Å². The Morgan fingerprint density at radius 1 is 1.06 bits per heavy atom. The number of ketones is 1. The molecule has 3 fully saturated rings. The number of amides is 1. The van der Waals surface area contributed by atoms with Crippen molar-refractivity contribution in [1.29, 1.82) is 0 Å². The molecular formula is C28H43NO4. The number of ether oxygens (including phenoxy) is 1. The Morgan fingerprint density at radius 2 is 1.76 bits per heavy atom. The Hall–Kier alpha value is -1.65. The van der Waals surface area contributed by atoms with Gasteiger partial charge in [-0.05, 0) is 102 Å². The van der Waals surface area contributed by atoms with Gasteiger partial charge in [-0.1, -0.05) is 25.5 Å². The molecule has 4 aliphatic carbocycles. The summed E-state index contributed by atoms with van der Waals surface area (Å²) in [5.41, 5.74) is 0.698. The number of rotatable bonds is 3. The number of carbonyl (C=O) groups is 3. The van der Waals surface area contributed by atoms with Gasteiger partial charge in [0.1, 0.15) is 5.78 Å². The molecule has 0 radical (unpaired) electrons. The Kier molecular flexibility index (Phi) is 5.90. The maximum atomic E-state index is 13.1. The van der Waals surface area contributed by atoms with Crippen molar-refractivity contribution < 1.29 is 19.1 Å². The zero-order chi connectivity index (χ0) is 24.4. The van der Waals surface area contributed by atoms with Crippen LogP contribution in [-0.2, 0) is 19.1 Å². The van der Waals surface area contributed by atoms with Crippen molar-refractivity contribution in [3.8, 4) is 0 Å². The molecule has 33 heavy (non-hydrogen) atoms. The first kappa shape index (κ1) is 24.5. The summed E-state index contributed by atoms with van der Waals surface area (Å²) in [6, 6.07) is 0. The number of carbonyl (C=O) groups excluding carboxylic acids is 3. The molecule has 4 rings (SSSR count). The smallest absolute Gasteiger partial charge is 0.310 e. The molecule has 0 aliphatic heterocycles. The normalized spacial score (nSPS) is 39.6. The second-order valence-corrected chi connectivity index (χ2v) is 13.3. The SMILES string of the molecule is CC(C)(C)NC(=O)COC(=O)[C@H]1CC[C@H]2[C@@H]3CC=C4C(C)(C)C(=O)CC[C@]4(C)[C@H]3CC[C@]12C. The van der Waals surface area contributed by atoms with E-state index in [1.165, 1.54) is 5.57 Å². The van der Waals surface area contributed by atoms with Crippen LogP contribution in [0.1, 0.15) is 93.4 Å². The van der Waals surface area contributed by atoms with Crippen LogP contribution < -0.4 is 5.32 Å². The molecule has 0 heterocycles. The molecule has 1 amide bonds. The minimum atomic E-state index is -0.353. The lowest BCUT2D eigenvalue weighted by molar-refractivity contribution is -0.159. The van der Waals surface area contributed by atoms with Gasteiger partial charge in [0.25, 0.3) is 5.91 Å². The van der Waals surface area contributed by atoms with E-state index in [2.05, 4.69) is 39.1 Å². The maximum absolute atomic E-state index is 13.1. The number of Topliss-reactive ketones (excluding diaryl/α,β-unsaturated/α-hetero) is 1. The molecule has 0 saturated heterocycles. The maximum Gasteiger partial charge on any atom is 0.310 e. The van der Waals surface area contributed by atoms with Crippen molar-refractivity contribution in [1.82, 2.24) is 5.32 Å². The van der Waals surface area contributed by atoms with E-state index in [1.807, 2.05) is 20.8 Å². The van der Waals surface area contributed by atoms with Crippen LogP contribution in [0.4, 0.5) is 0 Å². The summed E-state index contributed by atoms with van der Waals surface area (Å²) in [4.78, 5) is 37.9. The van der Waals surface area contributed by atoms with Crippen LogP contribution in [0.15, 0.2) is 11.6 Å². The van der Waals surface area contributed by atoms with Crippen molar-refractivity contribution in [2.24, 2.45) is 39.9 Å². The van der Waals surface area contributed by atoms with E-state index in [-0.39, 0.29) is 46.2 Å². The third-order valence-corrected chi connectivity index (χ3v) is 9.85. The predicted octanol–water partition coefficient (Wildman–Crippen LogP) is 5.23. The van der Waals surface area contributed by atoms with Gasteiger partial charge >= 0.3 is 5.97 Å². The third kappa shape index (κ3) is 3.97. The summed E-state index contributed by atoms with van der Waals surface area (Å²) >= 11 is 0. The molecule has 6 atom stereocenters. The Labute approximate surface area is 199 Å². The van der Waals surface area contributed by atoms with Crippen molar-refractivity contribution in [3.63, 3.8) is 0 Å². The highest BCUT2D eigenvalue weighted by Gasteiger charge is 2.62.